The molecule has 1 aromatic heterocycles. The van der Waals surface area contributed by atoms with Gasteiger partial charge in [-0.1, -0.05) is 11.3 Å². The van der Waals surface area contributed by atoms with Gasteiger partial charge in [-0.25, -0.2) is 4.68 Å². The maximum absolute atomic E-state index is 12.7. The quantitative estimate of drug-likeness (QED) is 0.737. The van der Waals surface area contributed by atoms with Crippen molar-refractivity contribution in [1.29, 1.82) is 0 Å². The van der Waals surface area contributed by atoms with Gasteiger partial charge in [0.1, 0.15) is 5.52 Å². The van der Waals surface area contributed by atoms with Crippen LogP contribution < -0.4 is 5.32 Å². The minimum absolute atomic E-state index is 0.0391. The lowest BCUT2D eigenvalue weighted by Crippen LogP contribution is -2.34. The normalized spacial score (nSPS) is 11.1. The lowest BCUT2D eigenvalue weighted by atomic mass is 10.1. The van der Waals surface area contributed by atoms with Crippen LogP contribution in [0, 0.1) is 13.8 Å². The summed E-state index contributed by atoms with van der Waals surface area (Å²) in [4.78, 5) is 26.5. The summed E-state index contributed by atoms with van der Waals surface area (Å²) < 4.78 is 1.81. The highest BCUT2D eigenvalue weighted by atomic mass is 16.2. The van der Waals surface area contributed by atoms with Crippen molar-refractivity contribution in [3.05, 3.63) is 53.1 Å². The van der Waals surface area contributed by atoms with Gasteiger partial charge in [-0.2, -0.15) is 0 Å². The maximum atomic E-state index is 12.7. The molecule has 0 aliphatic rings. The molecule has 2 aromatic carbocycles. The Morgan fingerprint density at radius 1 is 1.11 bits per heavy atom. The minimum atomic E-state index is -0.243. The van der Waals surface area contributed by atoms with Gasteiger partial charge in [-0.15, -0.1) is 5.10 Å². The fourth-order valence-corrected chi connectivity index (χ4v) is 3.21. The molecule has 0 unspecified atom stereocenters. The van der Waals surface area contributed by atoms with E-state index in [9.17, 15) is 9.59 Å². The summed E-state index contributed by atoms with van der Waals surface area (Å²) in [6, 6.07) is 11.3. The molecule has 0 aliphatic heterocycles. The van der Waals surface area contributed by atoms with Crippen LogP contribution in [-0.4, -0.2) is 45.3 Å². The third-order valence-electron chi connectivity index (χ3n) is 4.44. The molecule has 1 N–H and O–H groups in total. The zero-order valence-corrected chi connectivity index (χ0v) is 16.9. The predicted molar refractivity (Wildman–Crippen MR) is 109 cm³/mol. The zero-order chi connectivity index (χ0) is 20.4. The van der Waals surface area contributed by atoms with Crippen LogP contribution in [-0.2, 0) is 4.79 Å². The van der Waals surface area contributed by atoms with Crippen molar-refractivity contribution in [2.24, 2.45) is 0 Å². The fourth-order valence-electron chi connectivity index (χ4n) is 3.21. The lowest BCUT2D eigenvalue weighted by molar-refractivity contribution is -0.116. The summed E-state index contributed by atoms with van der Waals surface area (Å²) in [6.45, 7) is 7.96. The Hall–Kier alpha value is -3.22. The number of hydrogen-bond acceptors (Lipinski definition) is 4. The second-order valence-corrected chi connectivity index (χ2v) is 7.42. The maximum Gasteiger partial charge on any atom is 0.254 e. The molecular formula is C21H25N5O2. The molecule has 7 nitrogen and oxygen atoms in total. The number of amides is 2. The van der Waals surface area contributed by atoms with Crippen LogP contribution in [0.15, 0.2) is 36.4 Å². The van der Waals surface area contributed by atoms with Gasteiger partial charge in [0.05, 0.1) is 12.1 Å². The first-order valence-corrected chi connectivity index (χ1v) is 9.23. The summed E-state index contributed by atoms with van der Waals surface area (Å²) >= 11 is 0. The van der Waals surface area contributed by atoms with Crippen LogP contribution in [0.5, 0.6) is 0 Å². The van der Waals surface area contributed by atoms with Crippen molar-refractivity contribution in [2.75, 3.05) is 18.9 Å². The van der Waals surface area contributed by atoms with Crippen molar-refractivity contribution in [1.82, 2.24) is 19.9 Å². The number of anilines is 1. The SMILES string of the molecule is Cc1cc(C)cc(NC(=O)CN(C)C(=O)c2ccc3c(c2)nnn3C(C)C)c1. The number of fused-ring (bicyclic) bond motifs is 1. The molecule has 0 radical (unpaired) electrons. The lowest BCUT2D eigenvalue weighted by Gasteiger charge is -2.17. The fraction of sp³-hybridized carbons (Fsp3) is 0.333. The summed E-state index contributed by atoms with van der Waals surface area (Å²) in [5, 5.41) is 11.1. The third kappa shape index (κ3) is 4.19. The molecule has 0 bridgehead atoms. The molecule has 146 valence electrons. The highest BCUT2D eigenvalue weighted by Crippen LogP contribution is 2.18. The van der Waals surface area contributed by atoms with E-state index in [1.807, 2.05) is 56.6 Å². The van der Waals surface area contributed by atoms with E-state index in [-0.39, 0.29) is 24.4 Å². The Labute approximate surface area is 164 Å². The van der Waals surface area contributed by atoms with Crippen LogP contribution in [0.4, 0.5) is 5.69 Å². The number of rotatable bonds is 5. The molecule has 0 aliphatic carbocycles. The second kappa shape index (κ2) is 7.80. The van der Waals surface area contributed by atoms with E-state index in [2.05, 4.69) is 15.6 Å². The average Bonchev–Trinajstić information content (AvgIpc) is 3.03. The number of benzene rings is 2. The monoisotopic (exact) mass is 379 g/mol. The van der Waals surface area contributed by atoms with Crippen LogP contribution >= 0.6 is 0 Å². The first kappa shape index (κ1) is 19.5. The van der Waals surface area contributed by atoms with Gasteiger partial charge in [0, 0.05) is 24.3 Å². The van der Waals surface area contributed by atoms with Gasteiger partial charge in [0.15, 0.2) is 0 Å². The Balaban J connectivity index is 1.70. The number of aromatic nitrogens is 3. The van der Waals surface area contributed by atoms with Crippen LogP contribution in [0.3, 0.4) is 0 Å². The summed E-state index contributed by atoms with van der Waals surface area (Å²) in [5.41, 5.74) is 4.89. The van der Waals surface area contributed by atoms with Gasteiger partial charge < -0.3 is 10.2 Å². The van der Waals surface area contributed by atoms with Gasteiger partial charge in [-0.05, 0) is 69.2 Å². The molecule has 2 amide bonds. The third-order valence-corrected chi connectivity index (χ3v) is 4.44. The number of likely N-dealkylation sites (N-methyl/N-ethyl adjacent to an activating group) is 1. The van der Waals surface area contributed by atoms with Crippen LogP contribution in [0.25, 0.3) is 11.0 Å². The molecule has 3 aromatic rings. The first-order chi connectivity index (χ1) is 13.2. The summed E-state index contributed by atoms with van der Waals surface area (Å²) in [7, 11) is 1.61. The Kier molecular flexibility index (Phi) is 5.44. The highest BCUT2D eigenvalue weighted by molar-refractivity contribution is 6.00. The van der Waals surface area contributed by atoms with Gasteiger partial charge in [0.2, 0.25) is 5.91 Å². The Morgan fingerprint density at radius 3 is 2.43 bits per heavy atom. The molecule has 0 saturated carbocycles. The van der Waals surface area contributed by atoms with Crippen molar-refractivity contribution < 1.29 is 9.59 Å². The largest absolute Gasteiger partial charge is 0.332 e. The second-order valence-electron chi connectivity index (χ2n) is 7.42. The topological polar surface area (TPSA) is 80.1 Å². The summed E-state index contributed by atoms with van der Waals surface area (Å²) in [6.07, 6.45) is 0. The molecule has 0 spiro atoms. The van der Waals surface area contributed by atoms with Gasteiger partial charge in [-0.3, -0.25) is 9.59 Å². The first-order valence-electron chi connectivity index (χ1n) is 9.23. The Bertz CT molecular complexity index is 1020. The van der Waals surface area contributed by atoms with E-state index >= 15 is 0 Å². The van der Waals surface area contributed by atoms with Crippen molar-refractivity contribution in [3.63, 3.8) is 0 Å². The van der Waals surface area contributed by atoms with Crippen LogP contribution in [0.2, 0.25) is 0 Å². The smallest absolute Gasteiger partial charge is 0.254 e. The predicted octanol–water partition coefficient (Wildman–Crippen LogP) is 3.34. The number of carbonyl (C=O) groups excluding carboxylic acids is 2. The Morgan fingerprint density at radius 2 is 1.79 bits per heavy atom. The number of hydrogen-bond donors (Lipinski definition) is 1. The number of nitrogens with one attached hydrogen (secondary N) is 1. The van der Waals surface area contributed by atoms with Crippen molar-refractivity contribution in [2.45, 2.75) is 33.7 Å². The van der Waals surface area contributed by atoms with Crippen molar-refractivity contribution >= 4 is 28.5 Å². The number of nitrogens with zero attached hydrogens (tertiary/aromatic N) is 4. The molecule has 0 atom stereocenters. The molecule has 0 fully saturated rings. The van der Waals surface area contributed by atoms with Gasteiger partial charge >= 0.3 is 0 Å². The molecule has 1 heterocycles. The molecule has 0 saturated heterocycles. The number of carbonyl (C=O) groups is 2. The average molecular weight is 379 g/mol. The molecule has 7 heteroatoms. The molecular weight excluding hydrogens is 354 g/mol. The van der Waals surface area contributed by atoms with Crippen molar-refractivity contribution in [3.8, 4) is 0 Å². The van der Waals surface area contributed by atoms with E-state index in [0.29, 0.717) is 11.1 Å². The number of aryl methyl sites for hydroxylation is 2. The highest BCUT2D eigenvalue weighted by Gasteiger charge is 2.17. The van der Waals surface area contributed by atoms with E-state index < -0.39 is 0 Å². The standard InChI is InChI=1S/C21H25N5O2/c1-13(2)26-19-7-6-16(11-18(19)23-24-26)21(28)25(5)12-20(27)22-17-9-14(3)8-15(4)10-17/h6-11,13H,12H2,1-5H3,(H,22,27). The van der Waals surface area contributed by atoms with E-state index in [4.69, 9.17) is 0 Å². The van der Waals surface area contributed by atoms with E-state index in [1.54, 1.807) is 19.2 Å². The van der Waals surface area contributed by atoms with Crippen LogP contribution in [0.1, 0.15) is 41.4 Å². The summed E-state index contributed by atoms with van der Waals surface area (Å²) in [5.74, 6) is -0.482. The zero-order valence-electron chi connectivity index (χ0n) is 16.9. The molecule has 3 rings (SSSR count). The van der Waals surface area contributed by atoms with E-state index in [0.717, 1.165) is 22.3 Å². The molecule has 28 heavy (non-hydrogen) atoms. The van der Waals surface area contributed by atoms with Gasteiger partial charge in [0.25, 0.3) is 5.91 Å². The minimum Gasteiger partial charge on any atom is -0.332 e. The van der Waals surface area contributed by atoms with E-state index in [1.165, 1.54) is 4.90 Å².